The van der Waals surface area contributed by atoms with Crippen molar-refractivity contribution in [3.05, 3.63) is 136 Å². The van der Waals surface area contributed by atoms with E-state index in [0.717, 1.165) is 21.2 Å². The van der Waals surface area contributed by atoms with Crippen LogP contribution in [0, 0.1) is 5.82 Å². The van der Waals surface area contributed by atoms with Gasteiger partial charge in [0.15, 0.2) is 11.6 Å². The molecule has 222 valence electrons. The Morgan fingerprint density at radius 2 is 1.72 bits per heavy atom. The first kappa shape index (κ1) is 30.4. The minimum Gasteiger partial charge on any atom is -0.494 e. The molecule has 0 spiro atoms. The van der Waals surface area contributed by atoms with Crippen molar-refractivity contribution in [3.63, 3.8) is 0 Å². The average Bonchev–Trinajstić information content (AvgIpc) is 3.41. The summed E-state index contributed by atoms with van der Waals surface area (Å²) in [7, 11) is 0. The number of benzene rings is 4. The summed E-state index contributed by atoms with van der Waals surface area (Å²) < 4.78 is 26.8. The third kappa shape index (κ3) is 7.67. The lowest BCUT2D eigenvalue weighted by molar-refractivity contribution is -0.130. The number of nitrogens with zero attached hydrogens (tertiary/aromatic N) is 1. The van der Waals surface area contributed by atoms with Crippen molar-refractivity contribution in [2.24, 2.45) is 4.99 Å². The molecule has 3 N–H and O–H groups in total. The largest absolute Gasteiger partial charge is 0.494 e. The van der Waals surface area contributed by atoms with E-state index in [1.54, 1.807) is 6.07 Å². The fraction of sp³-hybridized carbons (Fsp3) is 0.235. The van der Waals surface area contributed by atoms with Gasteiger partial charge in [0.1, 0.15) is 11.6 Å². The van der Waals surface area contributed by atoms with Gasteiger partial charge >= 0.3 is 0 Å². The third-order valence-corrected chi connectivity index (χ3v) is 7.68. The van der Waals surface area contributed by atoms with Crippen LogP contribution in [0.25, 0.3) is 0 Å². The minimum atomic E-state index is -1.34. The van der Waals surface area contributed by atoms with Gasteiger partial charge in [-0.1, -0.05) is 70.5 Å². The highest BCUT2D eigenvalue weighted by Gasteiger charge is 2.53. The van der Waals surface area contributed by atoms with Crippen molar-refractivity contribution in [2.75, 3.05) is 19.8 Å². The molecule has 1 amide bonds. The zero-order valence-corrected chi connectivity index (χ0v) is 25.1. The molecular weight excluding hydrogens is 613 g/mol. The molecule has 1 heterocycles. The van der Waals surface area contributed by atoms with Crippen molar-refractivity contribution in [1.29, 1.82) is 0 Å². The van der Waals surface area contributed by atoms with E-state index in [4.69, 9.17) is 19.6 Å². The number of aliphatic hydroxyl groups excluding tert-OH is 1. The Hall–Kier alpha value is -4.05. The number of ether oxygens (including phenoxy) is 2. The molecule has 43 heavy (non-hydrogen) atoms. The maximum absolute atomic E-state index is 14.2. The van der Waals surface area contributed by atoms with Gasteiger partial charge in [-0.3, -0.25) is 10.2 Å². The lowest BCUT2D eigenvalue weighted by atomic mass is 9.82. The second kappa shape index (κ2) is 14.4. The summed E-state index contributed by atoms with van der Waals surface area (Å²) in [4.78, 5) is 19.2. The predicted octanol–water partition coefficient (Wildman–Crippen LogP) is 5.71. The number of carbonyl (C=O) groups is 1. The number of aliphatic hydroxyl groups is 1. The fourth-order valence-corrected chi connectivity index (χ4v) is 5.24. The lowest BCUT2D eigenvalue weighted by Gasteiger charge is -2.31. The molecular formula is C34H33BrFN3O4. The first-order valence-electron chi connectivity index (χ1n) is 14.1. The fourth-order valence-electron chi connectivity index (χ4n) is 4.98. The molecule has 7 nitrogen and oxygen atoms in total. The smallest absolute Gasteiger partial charge is 0.266 e. The number of hydrazine groups is 1. The van der Waals surface area contributed by atoms with E-state index in [2.05, 4.69) is 26.8 Å². The number of aliphatic imine (C=N–C) groups is 1. The SMILES string of the molecule is O=C(NNCCc1cccc(F)c1)[C@@]1(Cc2ccccc2)N=C(c2ccc(OCCCO)cc2)O[C@H]1c1ccc(Br)cc1. The highest BCUT2D eigenvalue weighted by atomic mass is 79.9. The van der Waals surface area contributed by atoms with Gasteiger partial charge < -0.3 is 14.6 Å². The molecule has 0 saturated heterocycles. The molecule has 0 unspecified atom stereocenters. The monoisotopic (exact) mass is 645 g/mol. The Kier molecular flexibility index (Phi) is 10.2. The van der Waals surface area contributed by atoms with Gasteiger partial charge in [0.05, 0.1) is 6.61 Å². The molecule has 0 bridgehead atoms. The molecule has 9 heteroatoms. The summed E-state index contributed by atoms with van der Waals surface area (Å²) in [6, 6.07) is 31.1. The van der Waals surface area contributed by atoms with Crippen LogP contribution in [-0.2, 0) is 22.4 Å². The molecule has 0 fully saturated rings. The molecule has 4 aromatic rings. The maximum Gasteiger partial charge on any atom is 0.266 e. The molecule has 5 rings (SSSR count). The van der Waals surface area contributed by atoms with Crippen LogP contribution in [0.15, 0.2) is 113 Å². The third-order valence-electron chi connectivity index (χ3n) is 7.15. The maximum atomic E-state index is 14.2. The quantitative estimate of drug-likeness (QED) is 0.128. The van der Waals surface area contributed by atoms with Crippen LogP contribution >= 0.6 is 15.9 Å². The summed E-state index contributed by atoms with van der Waals surface area (Å²) in [5, 5.41) is 9.03. The van der Waals surface area contributed by atoms with E-state index >= 15 is 0 Å². The molecule has 0 aromatic heterocycles. The van der Waals surface area contributed by atoms with Crippen molar-refractivity contribution in [1.82, 2.24) is 10.9 Å². The second-order valence-corrected chi connectivity index (χ2v) is 11.2. The number of amides is 1. The highest BCUT2D eigenvalue weighted by molar-refractivity contribution is 9.10. The molecule has 0 aliphatic carbocycles. The van der Waals surface area contributed by atoms with E-state index in [9.17, 15) is 9.18 Å². The zero-order valence-electron chi connectivity index (χ0n) is 23.5. The standard InChI is InChI=1S/C34H33BrFN3O4/c35-28-14-10-26(11-15-28)31-34(23-25-6-2-1-3-7-25,33(41)39-37-19-18-24-8-4-9-29(36)22-24)38-32(43-31)27-12-16-30(17-13-27)42-21-5-20-40/h1-4,6-17,22,31,37,40H,5,18-21,23H2,(H,39,41)/t31-,34-/m0/s1. The van der Waals surface area contributed by atoms with Crippen LogP contribution in [0.2, 0.25) is 0 Å². The minimum absolute atomic E-state index is 0.0609. The molecule has 0 saturated carbocycles. The van der Waals surface area contributed by atoms with Gasteiger partial charge in [-0.05, 0) is 71.6 Å². The van der Waals surface area contributed by atoms with Crippen LogP contribution in [0.1, 0.15) is 34.8 Å². The van der Waals surface area contributed by atoms with E-state index in [-0.39, 0.29) is 24.8 Å². The van der Waals surface area contributed by atoms with Crippen molar-refractivity contribution in [3.8, 4) is 5.75 Å². The van der Waals surface area contributed by atoms with E-state index < -0.39 is 11.6 Å². The first-order chi connectivity index (χ1) is 21.0. The van der Waals surface area contributed by atoms with Crippen LogP contribution in [0.3, 0.4) is 0 Å². The summed E-state index contributed by atoms with van der Waals surface area (Å²) in [5.41, 5.74) is 7.81. The first-order valence-corrected chi connectivity index (χ1v) is 14.9. The van der Waals surface area contributed by atoms with Gasteiger partial charge in [0, 0.05) is 36.0 Å². The molecule has 1 aliphatic heterocycles. The second-order valence-electron chi connectivity index (χ2n) is 10.3. The van der Waals surface area contributed by atoms with Crippen LogP contribution in [0.5, 0.6) is 5.75 Å². The molecule has 1 aliphatic rings. The number of hydrogen-bond acceptors (Lipinski definition) is 6. The summed E-state index contributed by atoms with van der Waals surface area (Å²) in [6.45, 7) is 0.867. The average molecular weight is 647 g/mol. The van der Waals surface area contributed by atoms with Crippen molar-refractivity contribution in [2.45, 2.75) is 30.9 Å². The number of carbonyl (C=O) groups excluding carboxylic acids is 1. The Labute approximate surface area is 258 Å². The van der Waals surface area contributed by atoms with Crippen LogP contribution in [0.4, 0.5) is 4.39 Å². The number of rotatable bonds is 13. The topological polar surface area (TPSA) is 92.2 Å². The lowest BCUT2D eigenvalue weighted by Crippen LogP contribution is -2.54. The number of hydrogen-bond donors (Lipinski definition) is 3. The summed E-state index contributed by atoms with van der Waals surface area (Å²) in [6.07, 6.45) is 0.635. The molecule has 2 atom stereocenters. The van der Waals surface area contributed by atoms with Crippen LogP contribution in [-0.4, -0.2) is 42.2 Å². The molecule has 0 radical (unpaired) electrons. The number of nitrogens with one attached hydrogen (secondary N) is 2. The van der Waals surface area contributed by atoms with Gasteiger partial charge in [-0.15, -0.1) is 0 Å². The van der Waals surface area contributed by atoms with Crippen molar-refractivity contribution < 1.29 is 23.8 Å². The number of halogens is 2. The molecule has 4 aromatic carbocycles. The van der Waals surface area contributed by atoms with Gasteiger partial charge in [0.2, 0.25) is 5.90 Å². The van der Waals surface area contributed by atoms with E-state index in [1.807, 2.05) is 84.9 Å². The van der Waals surface area contributed by atoms with Gasteiger partial charge in [-0.25, -0.2) is 14.8 Å². The Bertz CT molecular complexity index is 1530. The van der Waals surface area contributed by atoms with Crippen molar-refractivity contribution >= 4 is 27.7 Å². The summed E-state index contributed by atoms with van der Waals surface area (Å²) >= 11 is 3.50. The Morgan fingerprint density at radius 1 is 0.977 bits per heavy atom. The van der Waals surface area contributed by atoms with Crippen LogP contribution < -0.4 is 15.6 Å². The van der Waals surface area contributed by atoms with E-state index in [1.165, 1.54) is 12.1 Å². The Morgan fingerprint density at radius 3 is 2.44 bits per heavy atom. The predicted molar refractivity (Wildman–Crippen MR) is 167 cm³/mol. The normalized spacial score (nSPS) is 17.7. The summed E-state index contributed by atoms with van der Waals surface area (Å²) in [5.74, 6) is 0.370. The Balaban J connectivity index is 1.45. The highest BCUT2D eigenvalue weighted by Crippen LogP contribution is 2.42. The van der Waals surface area contributed by atoms with E-state index in [0.29, 0.717) is 43.2 Å². The zero-order chi connectivity index (χ0) is 30.1. The van der Waals surface area contributed by atoms with Gasteiger partial charge in [-0.2, -0.15) is 0 Å². The van der Waals surface area contributed by atoms with Gasteiger partial charge in [0.25, 0.3) is 5.91 Å².